The van der Waals surface area contributed by atoms with Gasteiger partial charge in [-0.25, -0.2) is 4.98 Å². The van der Waals surface area contributed by atoms with Gasteiger partial charge in [-0.2, -0.15) is 11.8 Å². The fourth-order valence-electron chi connectivity index (χ4n) is 1.83. The Balaban J connectivity index is 1.77. The topological polar surface area (TPSA) is 45.2 Å². The molecule has 2 rings (SSSR count). The van der Waals surface area contributed by atoms with Crippen molar-refractivity contribution in [1.29, 1.82) is 0 Å². The SMILES string of the molecule is CC(C)c1ncc(CNCC2(O)CCSC2)s1. The molecule has 2 N–H and O–H groups in total. The maximum Gasteiger partial charge on any atom is 0.0953 e. The zero-order valence-corrected chi connectivity index (χ0v) is 12.0. The number of nitrogens with one attached hydrogen (secondary N) is 1. The number of hydrogen-bond donors (Lipinski definition) is 2. The van der Waals surface area contributed by atoms with Crippen LogP contribution in [0.25, 0.3) is 0 Å². The Kier molecular flexibility index (Phi) is 4.47. The maximum atomic E-state index is 10.2. The Morgan fingerprint density at radius 3 is 3.00 bits per heavy atom. The predicted molar refractivity (Wildman–Crippen MR) is 74.8 cm³/mol. The van der Waals surface area contributed by atoms with Gasteiger partial charge < -0.3 is 10.4 Å². The first-order valence-corrected chi connectivity index (χ1v) is 8.02. The minimum Gasteiger partial charge on any atom is -0.388 e. The van der Waals surface area contributed by atoms with Crippen molar-refractivity contribution in [2.75, 3.05) is 18.1 Å². The molecule has 1 fully saturated rings. The molecule has 1 aromatic heterocycles. The van der Waals surface area contributed by atoms with E-state index in [1.54, 1.807) is 11.3 Å². The van der Waals surface area contributed by atoms with Crippen LogP contribution in [0.3, 0.4) is 0 Å². The Hall–Kier alpha value is -0.100. The summed E-state index contributed by atoms with van der Waals surface area (Å²) in [6, 6.07) is 0. The van der Waals surface area contributed by atoms with Gasteiger partial charge in [0.2, 0.25) is 0 Å². The number of nitrogens with zero attached hydrogens (tertiary/aromatic N) is 1. The van der Waals surface area contributed by atoms with Gasteiger partial charge in [-0.3, -0.25) is 0 Å². The first-order valence-electron chi connectivity index (χ1n) is 6.04. The molecule has 0 saturated carbocycles. The molecule has 0 radical (unpaired) electrons. The molecule has 0 spiro atoms. The fourth-order valence-corrected chi connectivity index (χ4v) is 4.01. The van der Waals surface area contributed by atoms with Gasteiger partial charge in [0.05, 0.1) is 10.6 Å². The second kappa shape index (κ2) is 5.69. The normalized spacial score (nSPS) is 24.7. The van der Waals surface area contributed by atoms with Crippen molar-refractivity contribution in [3.05, 3.63) is 16.1 Å². The zero-order valence-electron chi connectivity index (χ0n) is 10.4. The molecule has 1 unspecified atom stereocenters. The van der Waals surface area contributed by atoms with Crippen LogP contribution in [0.4, 0.5) is 0 Å². The highest BCUT2D eigenvalue weighted by Crippen LogP contribution is 2.27. The van der Waals surface area contributed by atoms with E-state index >= 15 is 0 Å². The van der Waals surface area contributed by atoms with Crippen molar-refractivity contribution < 1.29 is 5.11 Å². The summed E-state index contributed by atoms with van der Waals surface area (Å²) in [5.41, 5.74) is -0.490. The molecule has 96 valence electrons. The van der Waals surface area contributed by atoms with E-state index in [9.17, 15) is 5.11 Å². The summed E-state index contributed by atoms with van der Waals surface area (Å²) in [6.45, 7) is 5.83. The summed E-state index contributed by atoms with van der Waals surface area (Å²) >= 11 is 3.60. The van der Waals surface area contributed by atoms with E-state index in [2.05, 4.69) is 24.1 Å². The average Bonchev–Trinajstić information content (AvgIpc) is 2.88. The van der Waals surface area contributed by atoms with Crippen LogP contribution in [0.15, 0.2) is 6.20 Å². The fraction of sp³-hybridized carbons (Fsp3) is 0.750. The second-order valence-corrected chi connectivity index (χ2v) is 7.20. The number of hydrogen-bond acceptors (Lipinski definition) is 5. The minimum absolute atomic E-state index is 0.490. The second-order valence-electron chi connectivity index (χ2n) is 4.95. The summed E-state index contributed by atoms with van der Waals surface area (Å²) < 4.78 is 0. The summed E-state index contributed by atoms with van der Waals surface area (Å²) in [7, 11) is 0. The van der Waals surface area contributed by atoms with Crippen molar-refractivity contribution in [1.82, 2.24) is 10.3 Å². The van der Waals surface area contributed by atoms with Crippen molar-refractivity contribution in [3.8, 4) is 0 Å². The molecule has 0 aromatic carbocycles. The predicted octanol–water partition coefficient (Wildman–Crippen LogP) is 2.22. The maximum absolute atomic E-state index is 10.2. The van der Waals surface area contributed by atoms with Crippen LogP contribution in [-0.2, 0) is 6.54 Å². The highest BCUT2D eigenvalue weighted by atomic mass is 32.2. The van der Waals surface area contributed by atoms with Crippen LogP contribution in [0, 0.1) is 0 Å². The Morgan fingerprint density at radius 1 is 1.59 bits per heavy atom. The van der Waals surface area contributed by atoms with Gasteiger partial charge in [-0.05, 0) is 12.2 Å². The Bertz CT molecular complexity index is 359. The lowest BCUT2D eigenvalue weighted by Crippen LogP contribution is -2.40. The Labute approximate surface area is 111 Å². The molecule has 2 heterocycles. The van der Waals surface area contributed by atoms with Gasteiger partial charge >= 0.3 is 0 Å². The van der Waals surface area contributed by atoms with Crippen LogP contribution in [0.2, 0.25) is 0 Å². The van der Waals surface area contributed by atoms with Crippen LogP contribution < -0.4 is 5.32 Å². The van der Waals surface area contributed by atoms with Crippen LogP contribution in [0.1, 0.15) is 36.1 Å². The highest BCUT2D eigenvalue weighted by molar-refractivity contribution is 7.99. The summed E-state index contributed by atoms with van der Waals surface area (Å²) in [5, 5.41) is 14.7. The van der Waals surface area contributed by atoms with E-state index in [1.165, 1.54) is 9.88 Å². The van der Waals surface area contributed by atoms with Crippen molar-refractivity contribution in [3.63, 3.8) is 0 Å². The molecule has 1 saturated heterocycles. The van der Waals surface area contributed by atoms with Crippen molar-refractivity contribution >= 4 is 23.1 Å². The molecule has 0 aliphatic carbocycles. The highest BCUT2D eigenvalue weighted by Gasteiger charge is 2.30. The number of thioether (sulfide) groups is 1. The van der Waals surface area contributed by atoms with Gasteiger partial charge in [0, 0.05) is 35.8 Å². The molecule has 1 aromatic rings. The molecule has 1 aliphatic rings. The third-order valence-corrected chi connectivity index (χ3v) is 5.43. The monoisotopic (exact) mass is 272 g/mol. The number of aromatic nitrogens is 1. The van der Waals surface area contributed by atoms with Gasteiger partial charge in [0.1, 0.15) is 0 Å². The third kappa shape index (κ3) is 3.68. The molecular formula is C12H20N2OS2. The van der Waals surface area contributed by atoms with Gasteiger partial charge in [-0.1, -0.05) is 13.8 Å². The smallest absolute Gasteiger partial charge is 0.0953 e. The largest absolute Gasteiger partial charge is 0.388 e. The summed E-state index contributed by atoms with van der Waals surface area (Å²) in [4.78, 5) is 5.65. The minimum atomic E-state index is -0.490. The van der Waals surface area contributed by atoms with Gasteiger partial charge in [0.25, 0.3) is 0 Å². The van der Waals surface area contributed by atoms with Crippen molar-refractivity contribution in [2.24, 2.45) is 0 Å². The number of thiazole rings is 1. The average molecular weight is 272 g/mol. The first-order chi connectivity index (χ1) is 8.09. The van der Waals surface area contributed by atoms with Crippen LogP contribution in [0.5, 0.6) is 0 Å². The van der Waals surface area contributed by atoms with E-state index in [-0.39, 0.29) is 0 Å². The summed E-state index contributed by atoms with van der Waals surface area (Å²) in [5.74, 6) is 2.44. The number of rotatable bonds is 5. The standard InChI is InChI=1S/C12H20N2OS2/c1-9(2)11-14-6-10(17-11)5-13-7-12(15)3-4-16-8-12/h6,9,13,15H,3-5,7-8H2,1-2H3. The molecule has 3 nitrogen and oxygen atoms in total. The molecule has 0 bridgehead atoms. The third-order valence-electron chi connectivity index (χ3n) is 2.90. The lowest BCUT2D eigenvalue weighted by atomic mass is 10.0. The molecule has 5 heteroatoms. The van der Waals surface area contributed by atoms with Gasteiger partial charge in [-0.15, -0.1) is 11.3 Å². The number of aliphatic hydroxyl groups is 1. The molecule has 1 aliphatic heterocycles. The van der Waals surface area contributed by atoms with E-state index < -0.39 is 5.60 Å². The van der Waals surface area contributed by atoms with E-state index in [0.717, 1.165) is 24.5 Å². The van der Waals surface area contributed by atoms with E-state index in [4.69, 9.17) is 0 Å². The zero-order chi connectivity index (χ0) is 12.3. The lowest BCUT2D eigenvalue weighted by Gasteiger charge is -2.21. The molecule has 0 amide bonds. The lowest BCUT2D eigenvalue weighted by molar-refractivity contribution is 0.0675. The van der Waals surface area contributed by atoms with Gasteiger partial charge in [0.15, 0.2) is 0 Å². The van der Waals surface area contributed by atoms with Crippen LogP contribution in [-0.4, -0.2) is 33.7 Å². The molecular weight excluding hydrogens is 252 g/mol. The summed E-state index contributed by atoms with van der Waals surface area (Å²) in [6.07, 6.45) is 2.85. The molecule has 17 heavy (non-hydrogen) atoms. The molecule has 1 atom stereocenters. The quantitative estimate of drug-likeness (QED) is 0.863. The van der Waals surface area contributed by atoms with Crippen LogP contribution >= 0.6 is 23.1 Å². The van der Waals surface area contributed by atoms with E-state index in [0.29, 0.717) is 12.5 Å². The van der Waals surface area contributed by atoms with E-state index in [1.807, 2.05) is 18.0 Å². The first kappa shape index (κ1) is 13.3. The Morgan fingerprint density at radius 2 is 2.41 bits per heavy atom. The van der Waals surface area contributed by atoms with Crippen molar-refractivity contribution in [2.45, 2.75) is 38.3 Å².